The van der Waals surface area contributed by atoms with Crippen LogP contribution in [-0.4, -0.2) is 39.7 Å². The topological polar surface area (TPSA) is 75.9 Å². The third kappa shape index (κ3) is 3.95. The molecule has 0 radical (unpaired) electrons. The summed E-state index contributed by atoms with van der Waals surface area (Å²) in [5.74, 6) is -0.571. The number of imidazole rings is 1. The molecule has 0 unspecified atom stereocenters. The van der Waals surface area contributed by atoms with E-state index < -0.39 is 5.97 Å². The molecule has 0 fully saturated rings. The number of rotatable bonds is 8. The van der Waals surface area contributed by atoms with Crippen molar-refractivity contribution in [1.82, 2.24) is 9.38 Å². The zero-order chi connectivity index (χ0) is 15.2. The second kappa shape index (κ2) is 7.08. The molecule has 0 atom stereocenters. The van der Waals surface area contributed by atoms with Crippen LogP contribution in [0, 0.1) is 0 Å². The van der Waals surface area contributed by atoms with E-state index in [1.165, 1.54) is 0 Å². The molecule has 0 aromatic carbocycles. The molecular formula is C15H21N3O3. The van der Waals surface area contributed by atoms with Crippen LogP contribution in [0.1, 0.15) is 37.2 Å². The van der Waals surface area contributed by atoms with Crippen LogP contribution in [0.3, 0.4) is 0 Å². The minimum Gasteiger partial charge on any atom is -0.476 e. The Morgan fingerprint density at radius 1 is 1.43 bits per heavy atom. The van der Waals surface area contributed by atoms with Gasteiger partial charge in [0.25, 0.3) is 0 Å². The highest BCUT2D eigenvalue weighted by molar-refractivity contribution is 5.92. The van der Waals surface area contributed by atoms with Crippen LogP contribution >= 0.6 is 0 Å². The first-order valence-corrected chi connectivity index (χ1v) is 7.15. The fourth-order valence-electron chi connectivity index (χ4n) is 2.08. The van der Waals surface area contributed by atoms with Crippen molar-refractivity contribution >= 4 is 17.4 Å². The number of hydrogen-bond donors (Lipinski definition) is 2. The molecule has 0 bridgehead atoms. The standard InChI is InChI=1S/C15H21N3O3/c1-11(2)21-10-6-4-8-16-14-13(15(19)20)18-9-5-3-7-12(18)17-14/h3,5,7,9,11,16H,4,6,8,10H2,1-2H3,(H,19,20). The number of carboxylic acid groups (broad SMARTS) is 1. The summed E-state index contributed by atoms with van der Waals surface area (Å²) in [5, 5.41) is 12.4. The summed E-state index contributed by atoms with van der Waals surface area (Å²) in [7, 11) is 0. The van der Waals surface area contributed by atoms with Crippen molar-refractivity contribution in [3.05, 3.63) is 30.1 Å². The summed E-state index contributed by atoms with van der Waals surface area (Å²) in [6.07, 6.45) is 3.78. The van der Waals surface area contributed by atoms with Crippen LogP contribution in [0.15, 0.2) is 24.4 Å². The Morgan fingerprint density at radius 2 is 2.24 bits per heavy atom. The molecule has 6 heteroatoms. The van der Waals surface area contributed by atoms with E-state index in [-0.39, 0.29) is 11.8 Å². The van der Waals surface area contributed by atoms with Gasteiger partial charge in [0.2, 0.25) is 0 Å². The average molecular weight is 291 g/mol. The lowest BCUT2D eigenvalue weighted by Gasteiger charge is -2.07. The minimum atomic E-state index is -0.987. The first kappa shape index (κ1) is 15.3. The first-order chi connectivity index (χ1) is 10.1. The lowest BCUT2D eigenvalue weighted by atomic mass is 10.3. The molecule has 114 valence electrons. The number of unbranched alkanes of at least 4 members (excludes halogenated alkanes) is 1. The molecule has 0 amide bonds. The second-order valence-corrected chi connectivity index (χ2v) is 5.10. The van der Waals surface area contributed by atoms with Crippen molar-refractivity contribution < 1.29 is 14.6 Å². The van der Waals surface area contributed by atoms with Gasteiger partial charge in [0.1, 0.15) is 5.65 Å². The Kier molecular flexibility index (Phi) is 5.16. The van der Waals surface area contributed by atoms with E-state index in [0.29, 0.717) is 18.0 Å². The second-order valence-electron chi connectivity index (χ2n) is 5.10. The van der Waals surface area contributed by atoms with Gasteiger partial charge in [-0.05, 0) is 38.8 Å². The van der Waals surface area contributed by atoms with Crippen molar-refractivity contribution in [3.63, 3.8) is 0 Å². The van der Waals surface area contributed by atoms with E-state index in [1.54, 1.807) is 22.7 Å². The summed E-state index contributed by atoms with van der Waals surface area (Å²) in [6, 6.07) is 5.41. The maximum Gasteiger partial charge on any atom is 0.356 e. The molecule has 0 spiro atoms. The maximum atomic E-state index is 11.4. The minimum absolute atomic E-state index is 0.170. The number of carboxylic acids is 1. The lowest BCUT2D eigenvalue weighted by Crippen LogP contribution is -2.10. The van der Waals surface area contributed by atoms with Crippen molar-refractivity contribution in [2.45, 2.75) is 32.8 Å². The van der Waals surface area contributed by atoms with Gasteiger partial charge in [-0.2, -0.15) is 0 Å². The highest BCUT2D eigenvalue weighted by Crippen LogP contribution is 2.17. The third-order valence-electron chi connectivity index (χ3n) is 3.05. The molecule has 2 N–H and O–H groups in total. The van der Waals surface area contributed by atoms with Crippen molar-refractivity contribution in [1.29, 1.82) is 0 Å². The van der Waals surface area contributed by atoms with Crippen LogP contribution < -0.4 is 5.32 Å². The number of fused-ring (bicyclic) bond motifs is 1. The number of pyridine rings is 1. The van der Waals surface area contributed by atoms with Crippen LogP contribution in [-0.2, 0) is 4.74 Å². The number of aromatic nitrogens is 2. The maximum absolute atomic E-state index is 11.4. The summed E-state index contributed by atoms with van der Waals surface area (Å²) >= 11 is 0. The van der Waals surface area contributed by atoms with Crippen molar-refractivity contribution in [3.8, 4) is 0 Å². The predicted molar refractivity (Wildman–Crippen MR) is 81.0 cm³/mol. The van der Waals surface area contributed by atoms with Gasteiger partial charge in [0, 0.05) is 19.3 Å². The summed E-state index contributed by atoms with van der Waals surface area (Å²) in [6.45, 7) is 5.41. The molecule has 0 saturated heterocycles. The van der Waals surface area contributed by atoms with Gasteiger partial charge in [0.15, 0.2) is 11.5 Å². The average Bonchev–Trinajstić information content (AvgIpc) is 2.80. The molecule has 2 heterocycles. The van der Waals surface area contributed by atoms with Crippen LogP contribution in [0.4, 0.5) is 5.82 Å². The van der Waals surface area contributed by atoms with Crippen molar-refractivity contribution in [2.24, 2.45) is 0 Å². The zero-order valence-electron chi connectivity index (χ0n) is 12.4. The number of nitrogens with one attached hydrogen (secondary N) is 1. The van der Waals surface area contributed by atoms with Gasteiger partial charge in [-0.15, -0.1) is 0 Å². The smallest absolute Gasteiger partial charge is 0.356 e. The van der Waals surface area contributed by atoms with E-state index in [9.17, 15) is 9.90 Å². The molecule has 21 heavy (non-hydrogen) atoms. The number of ether oxygens (including phenoxy) is 1. The van der Waals surface area contributed by atoms with Gasteiger partial charge in [-0.1, -0.05) is 6.07 Å². The highest BCUT2D eigenvalue weighted by atomic mass is 16.5. The third-order valence-corrected chi connectivity index (χ3v) is 3.05. The Labute approximate surface area is 123 Å². The molecule has 0 saturated carbocycles. The van der Waals surface area contributed by atoms with Crippen molar-refractivity contribution in [2.75, 3.05) is 18.5 Å². The number of nitrogens with zero attached hydrogens (tertiary/aromatic N) is 2. The Bertz CT molecular complexity index is 607. The molecule has 0 aliphatic heterocycles. The monoisotopic (exact) mass is 291 g/mol. The van der Waals surface area contributed by atoms with E-state index in [4.69, 9.17) is 4.74 Å². The number of carbonyl (C=O) groups is 1. The molecular weight excluding hydrogens is 270 g/mol. The van der Waals surface area contributed by atoms with Gasteiger partial charge in [-0.25, -0.2) is 9.78 Å². The molecule has 2 rings (SSSR count). The summed E-state index contributed by atoms with van der Waals surface area (Å²) < 4.78 is 7.04. The molecule has 2 aromatic heterocycles. The van der Waals surface area contributed by atoms with Gasteiger partial charge >= 0.3 is 5.97 Å². The van der Waals surface area contributed by atoms with Crippen LogP contribution in [0.2, 0.25) is 0 Å². The number of hydrogen-bond acceptors (Lipinski definition) is 4. The fraction of sp³-hybridized carbons (Fsp3) is 0.467. The van der Waals surface area contributed by atoms with Gasteiger partial charge in [0.05, 0.1) is 6.10 Å². The molecule has 6 nitrogen and oxygen atoms in total. The first-order valence-electron chi connectivity index (χ1n) is 7.15. The highest BCUT2D eigenvalue weighted by Gasteiger charge is 2.17. The van der Waals surface area contributed by atoms with E-state index >= 15 is 0 Å². The Balaban J connectivity index is 1.95. The normalized spacial score (nSPS) is 11.2. The Hall–Kier alpha value is -2.08. The number of aromatic carboxylic acids is 1. The molecule has 0 aliphatic rings. The van der Waals surface area contributed by atoms with E-state index in [0.717, 1.165) is 19.4 Å². The van der Waals surface area contributed by atoms with E-state index in [2.05, 4.69) is 10.3 Å². The number of anilines is 1. The van der Waals surface area contributed by atoms with E-state index in [1.807, 2.05) is 19.9 Å². The van der Waals surface area contributed by atoms with Crippen LogP contribution in [0.5, 0.6) is 0 Å². The van der Waals surface area contributed by atoms with Gasteiger partial charge < -0.3 is 15.2 Å². The van der Waals surface area contributed by atoms with Gasteiger partial charge in [-0.3, -0.25) is 4.40 Å². The largest absolute Gasteiger partial charge is 0.476 e. The molecule has 0 aliphatic carbocycles. The summed E-state index contributed by atoms with van der Waals surface area (Å²) in [5.41, 5.74) is 0.796. The predicted octanol–water partition coefficient (Wildman–Crippen LogP) is 2.65. The molecule has 2 aromatic rings. The quantitative estimate of drug-likeness (QED) is 0.731. The Morgan fingerprint density at radius 3 is 2.95 bits per heavy atom. The fourth-order valence-corrected chi connectivity index (χ4v) is 2.08. The SMILES string of the molecule is CC(C)OCCCCNc1nc2ccccn2c1C(=O)O. The zero-order valence-corrected chi connectivity index (χ0v) is 12.4. The lowest BCUT2D eigenvalue weighted by molar-refractivity contribution is 0.0690. The van der Waals surface area contributed by atoms with Crippen LogP contribution in [0.25, 0.3) is 5.65 Å². The summed E-state index contributed by atoms with van der Waals surface area (Å²) in [4.78, 5) is 15.7.